The van der Waals surface area contributed by atoms with Crippen LogP contribution in [-0.2, 0) is 14.3 Å². The molecule has 0 aromatic heterocycles. The maximum Gasteiger partial charge on any atom is 0.308 e. The Morgan fingerprint density at radius 1 is 0.680 bits per heavy atom. The highest BCUT2D eigenvalue weighted by molar-refractivity contribution is 5.71. The van der Waals surface area contributed by atoms with Gasteiger partial charge in [0.05, 0.1) is 0 Å². The molecule has 0 atom stereocenters. The first-order valence-corrected chi connectivity index (χ1v) is 8.11. The number of ether oxygens (including phenoxy) is 3. The molecule has 0 N–H and O–H groups in total. The first kappa shape index (κ1) is 20.4. The number of benzene rings is 2. The summed E-state index contributed by atoms with van der Waals surface area (Å²) in [4.78, 5) is 21.7. The van der Waals surface area contributed by atoms with Crippen molar-refractivity contribution in [3.05, 3.63) is 48.5 Å². The number of esters is 2. The van der Waals surface area contributed by atoms with Crippen molar-refractivity contribution in [1.82, 2.24) is 0 Å². The topological polar surface area (TPSA) is 61.8 Å². The Morgan fingerprint density at radius 2 is 1.00 bits per heavy atom. The summed E-state index contributed by atoms with van der Waals surface area (Å²) in [7, 11) is 0. The molecule has 0 saturated carbocycles. The molecule has 0 saturated heterocycles. The van der Waals surface area contributed by atoms with Crippen LogP contribution in [0, 0.1) is 0 Å². The van der Waals surface area contributed by atoms with E-state index in [0.29, 0.717) is 11.5 Å². The maximum atomic E-state index is 10.8. The number of hydrogen-bond acceptors (Lipinski definition) is 5. The van der Waals surface area contributed by atoms with E-state index < -0.39 is 0 Å². The Labute approximate surface area is 148 Å². The minimum absolute atomic E-state index is 0.344. The minimum Gasteiger partial charge on any atom is -0.427 e. The summed E-state index contributed by atoms with van der Waals surface area (Å²) in [6.45, 7) is 8.39. The van der Waals surface area contributed by atoms with Gasteiger partial charge in [-0.25, -0.2) is 0 Å². The first-order chi connectivity index (χ1) is 12.0. The maximum absolute atomic E-state index is 10.8. The highest BCUT2D eigenvalue weighted by Crippen LogP contribution is 2.24. The Morgan fingerprint density at radius 3 is 1.20 bits per heavy atom. The van der Waals surface area contributed by atoms with Gasteiger partial charge < -0.3 is 14.2 Å². The van der Waals surface area contributed by atoms with Crippen LogP contribution >= 0.6 is 0 Å². The van der Waals surface area contributed by atoms with Gasteiger partial charge in [0.25, 0.3) is 0 Å². The van der Waals surface area contributed by atoms with Crippen molar-refractivity contribution >= 4 is 11.9 Å². The molecule has 0 aliphatic carbocycles. The third kappa shape index (κ3) is 8.13. The molecule has 0 spiro atoms. The summed E-state index contributed by atoms with van der Waals surface area (Å²) >= 11 is 0. The van der Waals surface area contributed by atoms with Crippen molar-refractivity contribution in [3.63, 3.8) is 0 Å². The molecular formula is C20H24O5. The smallest absolute Gasteiger partial charge is 0.308 e. The summed E-state index contributed by atoms with van der Waals surface area (Å²) in [6.07, 6.45) is 0. The third-order valence-corrected chi connectivity index (χ3v) is 2.97. The number of rotatable bonds is 5. The van der Waals surface area contributed by atoms with Crippen LogP contribution < -0.4 is 9.47 Å². The fraction of sp³-hybridized carbons (Fsp3) is 0.300. The van der Waals surface area contributed by atoms with E-state index >= 15 is 0 Å². The van der Waals surface area contributed by atoms with Crippen LogP contribution in [0.15, 0.2) is 48.5 Å². The predicted octanol–water partition coefficient (Wildman–Crippen LogP) is 4.25. The second-order valence-electron chi connectivity index (χ2n) is 5.02. The van der Waals surface area contributed by atoms with Gasteiger partial charge in [-0.15, -0.1) is 0 Å². The second kappa shape index (κ2) is 11.0. The van der Waals surface area contributed by atoms with Gasteiger partial charge in [0.1, 0.15) is 11.5 Å². The zero-order valence-electron chi connectivity index (χ0n) is 15.1. The van der Waals surface area contributed by atoms with E-state index in [-0.39, 0.29) is 11.9 Å². The average Bonchev–Trinajstić information content (AvgIpc) is 2.57. The largest absolute Gasteiger partial charge is 0.427 e. The van der Waals surface area contributed by atoms with Gasteiger partial charge in [0, 0.05) is 27.1 Å². The quantitative estimate of drug-likeness (QED) is 0.599. The zero-order chi connectivity index (χ0) is 18.7. The molecule has 2 rings (SSSR count). The molecule has 0 fully saturated rings. The molecule has 0 aliphatic heterocycles. The lowest BCUT2D eigenvalue weighted by molar-refractivity contribution is -0.132. The minimum atomic E-state index is -0.344. The van der Waals surface area contributed by atoms with Gasteiger partial charge in [0.15, 0.2) is 0 Å². The van der Waals surface area contributed by atoms with Gasteiger partial charge in [-0.1, -0.05) is 24.3 Å². The summed E-state index contributed by atoms with van der Waals surface area (Å²) < 4.78 is 14.8. The highest BCUT2D eigenvalue weighted by atomic mass is 16.5. The highest BCUT2D eigenvalue weighted by Gasteiger charge is 2.02. The van der Waals surface area contributed by atoms with Crippen LogP contribution in [0.5, 0.6) is 11.5 Å². The van der Waals surface area contributed by atoms with E-state index in [1.807, 2.05) is 38.1 Å². The number of carbonyl (C=O) groups is 2. The normalized spacial score (nSPS) is 9.60. The van der Waals surface area contributed by atoms with Crippen molar-refractivity contribution in [2.75, 3.05) is 13.2 Å². The second-order valence-corrected chi connectivity index (χ2v) is 5.02. The van der Waals surface area contributed by atoms with E-state index in [4.69, 9.17) is 14.2 Å². The third-order valence-electron chi connectivity index (χ3n) is 2.97. The van der Waals surface area contributed by atoms with Gasteiger partial charge in [-0.05, 0) is 49.2 Å². The molecule has 0 heterocycles. The van der Waals surface area contributed by atoms with Crippen LogP contribution in [0.3, 0.4) is 0 Å². The summed E-state index contributed by atoms with van der Waals surface area (Å²) in [5, 5.41) is 0. The number of hydrogen-bond donors (Lipinski definition) is 0. The fourth-order valence-electron chi connectivity index (χ4n) is 1.97. The molecule has 0 aliphatic rings. The van der Waals surface area contributed by atoms with Gasteiger partial charge in [-0.3, -0.25) is 9.59 Å². The Kier molecular flexibility index (Phi) is 8.96. The zero-order valence-corrected chi connectivity index (χ0v) is 15.1. The Balaban J connectivity index is 0.000000550. The Hall–Kier alpha value is -2.66. The lowest BCUT2D eigenvalue weighted by Gasteiger charge is -2.06. The molecular weight excluding hydrogens is 320 g/mol. The van der Waals surface area contributed by atoms with Crippen LogP contribution in [0.2, 0.25) is 0 Å². The molecule has 0 amide bonds. The molecule has 25 heavy (non-hydrogen) atoms. The first-order valence-electron chi connectivity index (χ1n) is 8.11. The molecule has 2 aromatic rings. The van der Waals surface area contributed by atoms with Crippen molar-refractivity contribution in [2.24, 2.45) is 0 Å². The van der Waals surface area contributed by atoms with E-state index in [9.17, 15) is 9.59 Å². The molecule has 0 bridgehead atoms. The van der Waals surface area contributed by atoms with Gasteiger partial charge in [0.2, 0.25) is 0 Å². The summed E-state index contributed by atoms with van der Waals surface area (Å²) in [5.41, 5.74) is 1.96. The van der Waals surface area contributed by atoms with Gasteiger partial charge in [-0.2, -0.15) is 0 Å². The Bertz CT molecular complexity index is 600. The van der Waals surface area contributed by atoms with Gasteiger partial charge >= 0.3 is 11.9 Å². The molecule has 5 heteroatoms. The van der Waals surface area contributed by atoms with Crippen molar-refractivity contribution in [2.45, 2.75) is 27.7 Å². The van der Waals surface area contributed by atoms with Crippen molar-refractivity contribution in [1.29, 1.82) is 0 Å². The lowest BCUT2D eigenvalue weighted by Crippen LogP contribution is -2.01. The van der Waals surface area contributed by atoms with Crippen molar-refractivity contribution in [3.8, 4) is 22.6 Å². The van der Waals surface area contributed by atoms with Crippen LogP contribution in [-0.4, -0.2) is 25.2 Å². The summed E-state index contributed by atoms with van der Waals surface area (Å²) in [6, 6.07) is 14.4. The SMILES string of the molecule is CC(=O)Oc1ccc(-c2ccc(OC(C)=O)cc2)cc1.CCOCC. The fourth-order valence-corrected chi connectivity index (χ4v) is 1.97. The molecule has 2 aromatic carbocycles. The van der Waals surface area contributed by atoms with E-state index in [0.717, 1.165) is 24.3 Å². The van der Waals surface area contributed by atoms with Crippen molar-refractivity contribution < 1.29 is 23.8 Å². The molecule has 0 unspecified atom stereocenters. The predicted molar refractivity (Wildman–Crippen MR) is 96.7 cm³/mol. The molecule has 5 nitrogen and oxygen atoms in total. The standard InChI is InChI=1S/C16H14O4.C4H10O/c1-11(17)19-15-7-3-13(4-8-15)14-5-9-16(10-6-14)20-12(2)18;1-3-5-4-2/h3-10H,1-2H3;3-4H2,1-2H3. The monoisotopic (exact) mass is 344 g/mol. The summed E-state index contributed by atoms with van der Waals surface area (Å²) in [5.74, 6) is 0.336. The van der Waals surface area contributed by atoms with Crippen LogP contribution in [0.1, 0.15) is 27.7 Å². The molecule has 0 radical (unpaired) electrons. The van der Waals surface area contributed by atoms with Crippen LogP contribution in [0.25, 0.3) is 11.1 Å². The van der Waals surface area contributed by atoms with Crippen LogP contribution in [0.4, 0.5) is 0 Å². The number of carbonyl (C=O) groups excluding carboxylic acids is 2. The van der Waals surface area contributed by atoms with E-state index in [1.165, 1.54) is 13.8 Å². The average molecular weight is 344 g/mol. The lowest BCUT2D eigenvalue weighted by atomic mass is 10.1. The van der Waals surface area contributed by atoms with E-state index in [2.05, 4.69) is 0 Å². The van der Waals surface area contributed by atoms with E-state index in [1.54, 1.807) is 24.3 Å². The molecule has 134 valence electrons.